The fourth-order valence-electron chi connectivity index (χ4n) is 4.81. The number of nitro groups is 1. The summed E-state index contributed by atoms with van der Waals surface area (Å²) in [4.78, 5) is 23.4. The lowest BCUT2D eigenvalue weighted by Crippen LogP contribution is -2.11. The number of hydrogen-bond donors (Lipinski definition) is 1. The molecule has 2 aromatic heterocycles. The lowest BCUT2D eigenvalue weighted by Gasteiger charge is -2.21. The average Bonchev–Trinajstić information content (AvgIpc) is 3.17. The molecule has 156 valence electrons. The standard InChI is InChI=1S/C23H26N4O2S/c28-27(29)17-10-6-7-15(13-17)14-24-22-20-18-11-4-5-12-19(18)30-23(20)26-21(25-22)16-8-2-1-3-9-16/h6-7,10,13,16H,1-5,8-9,11-12,14H2,(H,24,25,26). The van der Waals surface area contributed by atoms with Gasteiger partial charge in [0.05, 0.1) is 10.3 Å². The van der Waals surface area contributed by atoms with Crippen LogP contribution in [0.15, 0.2) is 24.3 Å². The van der Waals surface area contributed by atoms with Crippen molar-refractivity contribution in [2.45, 2.75) is 70.3 Å². The van der Waals surface area contributed by atoms with Crippen LogP contribution in [0.2, 0.25) is 0 Å². The largest absolute Gasteiger partial charge is 0.365 e. The Kier molecular flexibility index (Phi) is 5.37. The second-order valence-corrected chi connectivity index (χ2v) is 9.52. The second kappa shape index (κ2) is 8.30. The van der Waals surface area contributed by atoms with Gasteiger partial charge in [-0.25, -0.2) is 9.97 Å². The molecular weight excluding hydrogens is 396 g/mol. The van der Waals surface area contributed by atoms with E-state index in [1.54, 1.807) is 12.1 Å². The molecule has 2 heterocycles. The number of thiophene rings is 1. The van der Waals surface area contributed by atoms with E-state index < -0.39 is 0 Å². The fraction of sp³-hybridized carbons (Fsp3) is 0.478. The molecule has 3 aromatic rings. The molecule has 0 bridgehead atoms. The number of nitrogens with zero attached hydrogens (tertiary/aromatic N) is 3. The molecule has 0 aliphatic heterocycles. The number of anilines is 1. The van der Waals surface area contributed by atoms with Crippen molar-refractivity contribution in [2.24, 2.45) is 0 Å². The number of hydrogen-bond acceptors (Lipinski definition) is 6. The van der Waals surface area contributed by atoms with Gasteiger partial charge < -0.3 is 5.32 Å². The molecule has 1 saturated carbocycles. The third-order valence-electron chi connectivity index (χ3n) is 6.38. The average molecular weight is 423 g/mol. The van der Waals surface area contributed by atoms with Gasteiger partial charge in [0, 0.05) is 29.5 Å². The summed E-state index contributed by atoms with van der Waals surface area (Å²) in [5.74, 6) is 2.33. The van der Waals surface area contributed by atoms with Gasteiger partial charge >= 0.3 is 0 Å². The number of nitrogens with one attached hydrogen (secondary N) is 1. The maximum absolute atomic E-state index is 11.1. The predicted octanol–water partition coefficient (Wildman–Crippen LogP) is 6.14. The van der Waals surface area contributed by atoms with Crippen molar-refractivity contribution >= 4 is 33.1 Å². The number of benzene rings is 1. The maximum Gasteiger partial charge on any atom is 0.269 e. The molecule has 0 unspecified atom stereocenters. The Bertz CT molecular complexity index is 1090. The summed E-state index contributed by atoms with van der Waals surface area (Å²) in [5, 5.41) is 15.8. The smallest absolute Gasteiger partial charge is 0.269 e. The molecule has 1 fully saturated rings. The summed E-state index contributed by atoms with van der Waals surface area (Å²) in [5.41, 5.74) is 2.43. The van der Waals surface area contributed by atoms with Gasteiger partial charge in [-0.1, -0.05) is 31.4 Å². The monoisotopic (exact) mass is 422 g/mol. The molecular formula is C23H26N4O2S. The Morgan fingerprint density at radius 2 is 1.93 bits per heavy atom. The van der Waals surface area contributed by atoms with E-state index in [1.807, 2.05) is 17.4 Å². The van der Waals surface area contributed by atoms with Gasteiger partial charge in [-0.15, -0.1) is 11.3 Å². The van der Waals surface area contributed by atoms with Crippen molar-refractivity contribution in [3.8, 4) is 0 Å². The first-order valence-corrected chi connectivity index (χ1v) is 11.8. The Labute approximate surface area is 179 Å². The van der Waals surface area contributed by atoms with Crippen molar-refractivity contribution in [3.05, 3.63) is 56.2 Å². The van der Waals surface area contributed by atoms with Gasteiger partial charge in [-0.3, -0.25) is 10.1 Å². The minimum atomic E-state index is -0.344. The highest BCUT2D eigenvalue weighted by Gasteiger charge is 2.24. The first-order chi connectivity index (χ1) is 14.7. The molecule has 0 atom stereocenters. The van der Waals surface area contributed by atoms with Crippen LogP contribution in [0.1, 0.15) is 72.7 Å². The Hall–Kier alpha value is -2.54. The van der Waals surface area contributed by atoms with Crippen molar-refractivity contribution < 1.29 is 4.92 Å². The third-order valence-corrected chi connectivity index (χ3v) is 7.57. The molecule has 1 N–H and O–H groups in total. The minimum absolute atomic E-state index is 0.123. The van der Waals surface area contributed by atoms with Gasteiger partial charge in [0.25, 0.3) is 5.69 Å². The number of nitro benzene ring substituents is 1. The van der Waals surface area contributed by atoms with Crippen molar-refractivity contribution in [1.82, 2.24) is 9.97 Å². The van der Waals surface area contributed by atoms with Gasteiger partial charge in [-0.05, 0) is 49.7 Å². The van der Waals surface area contributed by atoms with E-state index in [4.69, 9.17) is 9.97 Å². The van der Waals surface area contributed by atoms with Crippen molar-refractivity contribution in [3.63, 3.8) is 0 Å². The first kappa shape index (κ1) is 19.4. The van der Waals surface area contributed by atoms with E-state index in [2.05, 4.69) is 5.32 Å². The highest BCUT2D eigenvalue weighted by Crippen LogP contribution is 2.40. The quantitative estimate of drug-likeness (QED) is 0.395. The first-order valence-electron chi connectivity index (χ1n) is 11.0. The second-order valence-electron chi connectivity index (χ2n) is 8.44. The predicted molar refractivity (Wildman–Crippen MR) is 120 cm³/mol. The summed E-state index contributed by atoms with van der Waals surface area (Å²) < 4.78 is 0. The van der Waals surface area contributed by atoms with Gasteiger partial charge in [-0.2, -0.15) is 0 Å². The van der Waals surface area contributed by atoms with E-state index in [1.165, 1.54) is 66.8 Å². The molecule has 0 spiro atoms. The Balaban J connectivity index is 1.52. The molecule has 0 radical (unpaired) electrons. The number of non-ortho nitro benzene ring substituents is 1. The van der Waals surface area contributed by atoms with Gasteiger partial charge in [0.1, 0.15) is 16.5 Å². The van der Waals surface area contributed by atoms with Crippen LogP contribution in [0.3, 0.4) is 0 Å². The van der Waals surface area contributed by atoms with Crippen LogP contribution in [-0.2, 0) is 19.4 Å². The van der Waals surface area contributed by atoms with E-state index in [0.717, 1.165) is 34.9 Å². The van der Waals surface area contributed by atoms with Crippen LogP contribution >= 0.6 is 11.3 Å². The molecule has 30 heavy (non-hydrogen) atoms. The fourth-order valence-corrected chi connectivity index (χ4v) is 6.08. The molecule has 0 amide bonds. The normalized spacial score (nSPS) is 17.1. The zero-order chi connectivity index (χ0) is 20.5. The van der Waals surface area contributed by atoms with Crippen LogP contribution in [0.5, 0.6) is 0 Å². The van der Waals surface area contributed by atoms with Crippen molar-refractivity contribution in [1.29, 1.82) is 0 Å². The van der Waals surface area contributed by atoms with E-state index >= 15 is 0 Å². The summed E-state index contributed by atoms with van der Waals surface area (Å²) in [6, 6.07) is 6.83. The highest BCUT2D eigenvalue weighted by molar-refractivity contribution is 7.19. The topological polar surface area (TPSA) is 81.0 Å². The molecule has 6 nitrogen and oxygen atoms in total. The lowest BCUT2D eigenvalue weighted by molar-refractivity contribution is -0.384. The van der Waals surface area contributed by atoms with Gasteiger partial charge in [0.2, 0.25) is 0 Å². The van der Waals surface area contributed by atoms with Crippen LogP contribution in [0, 0.1) is 10.1 Å². The number of aromatic nitrogens is 2. The molecule has 1 aromatic carbocycles. The molecule has 7 heteroatoms. The zero-order valence-corrected chi connectivity index (χ0v) is 17.8. The summed E-state index contributed by atoms with van der Waals surface area (Å²) >= 11 is 1.84. The molecule has 5 rings (SSSR count). The Morgan fingerprint density at radius 3 is 2.77 bits per heavy atom. The van der Waals surface area contributed by atoms with Gasteiger partial charge in [0.15, 0.2) is 0 Å². The van der Waals surface area contributed by atoms with E-state index in [-0.39, 0.29) is 10.6 Å². The number of fused-ring (bicyclic) bond motifs is 3. The summed E-state index contributed by atoms with van der Waals surface area (Å²) in [7, 11) is 0. The SMILES string of the molecule is O=[N+]([O-])c1cccc(CNc2nc(C3CCCCC3)nc3sc4c(c23)CCCC4)c1. The summed E-state index contributed by atoms with van der Waals surface area (Å²) in [6.45, 7) is 0.516. The van der Waals surface area contributed by atoms with Crippen LogP contribution in [-0.4, -0.2) is 14.9 Å². The summed E-state index contributed by atoms with van der Waals surface area (Å²) in [6.07, 6.45) is 10.8. The lowest BCUT2D eigenvalue weighted by atomic mass is 9.88. The van der Waals surface area contributed by atoms with Crippen LogP contribution in [0.4, 0.5) is 11.5 Å². The maximum atomic E-state index is 11.1. The Morgan fingerprint density at radius 1 is 1.10 bits per heavy atom. The third kappa shape index (κ3) is 3.78. The number of rotatable bonds is 5. The molecule has 2 aliphatic carbocycles. The number of aryl methyl sites for hydroxylation is 2. The van der Waals surface area contributed by atoms with Crippen LogP contribution < -0.4 is 5.32 Å². The molecule has 0 saturated heterocycles. The van der Waals surface area contributed by atoms with E-state index in [0.29, 0.717) is 12.5 Å². The zero-order valence-electron chi connectivity index (χ0n) is 17.0. The highest BCUT2D eigenvalue weighted by atomic mass is 32.1. The van der Waals surface area contributed by atoms with Crippen LogP contribution in [0.25, 0.3) is 10.2 Å². The molecule has 2 aliphatic rings. The minimum Gasteiger partial charge on any atom is -0.365 e. The van der Waals surface area contributed by atoms with Crippen molar-refractivity contribution in [2.75, 3.05) is 5.32 Å². The van der Waals surface area contributed by atoms with E-state index in [9.17, 15) is 10.1 Å².